The summed E-state index contributed by atoms with van der Waals surface area (Å²) >= 11 is 0. The van der Waals surface area contributed by atoms with Crippen LogP contribution in [0.1, 0.15) is 31.7 Å². The molecule has 160 valence electrons. The SMILES string of the molecule is CCCN(C)c1nc2nc(N3CCCC(N)C3)n(Cc3ccccc3)c2c(=O)n1C. The number of aromatic nitrogens is 4. The number of rotatable bonds is 6. The molecule has 8 nitrogen and oxygen atoms in total. The molecule has 8 heteroatoms. The van der Waals surface area contributed by atoms with Gasteiger partial charge in [0.05, 0.1) is 6.54 Å². The lowest BCUT2D eigenvalue weighted by atomic mass is 10.1. The van der Waals surface area contributed by atoms with Crippen molar-refractivity contribution in [1.29, 1.82) is 0 Å². The van der Waals surface area contributed by atoms with Gasteiger partial charge >= 0.3 is 0 Å². The van der Waals surface area contributed by atoms with Crippen molar-refractivity contribution in [3.63, 3.8) is 0 Å². The van der Waals surface area contributed by atoms with Crippen molar-refractivity contribution < 1.29 is 0 Å². The fraction of sp³-hybridized carbons (Fsp3) is 0.500. The Morgan fingerprint density at radius 1 is 1.23 bits per heavy atom. The van der Waals surface area contributed by atoms with Crippen molar-refractivity contribution in [3.05, 3.63) is 46.2 Å². The van der Waals surface area contributed by atoms with E-state index in [0.29, 0.717) is 23.7 Å². The van der Waals surface area contributed by atoms with Gasteiger partial charge in [-0.2, -0.15) is 9.97 Å². The third-order valence-electron chi connectivity index (χ3n) is 5.77. The van der Waals surface area contributed by atoms with Gasteiger partial charge in [0.1, 0.15) is 0 Å². The quantitative estimate of drug-likeness (QED) is 0.670. The Morgan fingerprint density at radius 2 is 2.00 bits per heavy atom. The fourth-order valence-electron chi connectivity index (χ4n) is 4.26. The number of fused-ring (bicyclic) bond motifs is 1. The second-order valence-electron chi connectivity index (χ2n) is 8.20. The summed E-state index contributed by atoms with van der Waals surface area (Å²) in [6.07, 6.45) is 3.01. The van der Waals surface area contributed by atoms with Gasteiger partial charge in [0.2, 0.25) is 11.9 Å². The van der Waals surface area contributed by atoms with E-state index in [4.69, 9.17) is 15.7 Å². The van der Waals surface area contributed by atoms with Crippen LogP contribution in [-0.4, -0.2) is 51.8 Å². The Balaban J connectivity index is 1.89. The Kier molecular flexibility index (Phi) is 5.76. The van der Waals surface area contributed by atoms with Crippen LogP contribution < -0.4 is 21.1 Å². The van der Waals surface area contributed by atoms with Gasteiger partial charge in [0.15, 0.2) is 11.2 Å². The first-order valence-corrected chi connectivity index (χ1v) is 10.7. The predicted octanol–water partition coefficient (Wildman–Crippen LogP) is 1.95. The molecular formula is C22H31N7O. The minimum absolute atomic E-state index is 0.0751. The van der Waals surface area contributed by atoms with E-state index < -0.39 is 0 Å². The molecule has 1 aromatic carbocycles. The van der Waals surface area contributed by atoms with Crippen molar-refractivity contribution in [3.8, 4) is 0 Å². The van der Waals surface area contributed by atoms with Crippen LogP contribution in [0.4, 0.5) is 11.9 Å². The van der Waals surface area contributed by atoms with Crippen molar-refractivity contribution in [2.24, 2.45) is 12.8 Å². The zero-order valence-electron chi connectivity index (χ0n) is 18.1. The van der Waals surface area contributed by atoms with Crippen molar-refractivity contribution in [1.82, 2.24) is 19.1 Å². The third kappa shape index (κ3) is 3.79. The van der Waals surface area contributed by atoms with Crippen LogP contribution in [0.5, 0.6) is 0 Å². The Labute approximate surface area is 176 Å². The maximum atomic E-state index is 13.4. The lowest BCUT2D eigenvalue weighted by Gasteiger charge is -2.31. The lowest BCUT2D eigenvalue weighted by molar-refractivity contribution is 0.495. The van der Waals surface area contributed by atoms with Gasteiger partial charge in [0.25, 0.3) is 5.56 Å². The Hall–Kier alpha value is -2.87. The van der Waals surface area contributed by atoms with Gasteiger partial charge in [-0.25, -0.2) is 0 Å². The number of imidazole rings is 1. The van der Waals surface area contributed by atoms with Gasteiger partial charge in [-0.1, -0.05) is 37.3 Å². The summed E-state index contributed by atoms with van der Waals surface area (Å²) < 4.78 is 3.65. The summed E-state index contributed by atoms with van der Waals surface area (Å²) in [6, 6.07) is 10.3. The molecular weight excluding hydrogens is 378 g/mol. The maximum absolute atomic E-state index is 13.4. The van der Waals surface area contributed by atoms with Gasteiger partial charge in [-0.15, -0.1) is 0 Å². The molecule has 1 fully saturated rings. The van der Waals surface area contributed by atoms with Crippen LogP contribution >= 0.6 is 0 Å². The van der Waals surface area contributed by atoms with E-state index in [0.717, 1.165) is 50.4 Å². The number of anilines is 2. The van der Waals surface area contributed by atoms with Gasteiger partial charge in [-0.05, 0) is 24.8 Å². The smallest absolute Gasteiger partial charge is 0.281 e. The summed E-state index contributed by atoms with van der Waals surface area (Å²) in [5, 5.41) is 0. The number of piperidine rings is 1. The van der Waals surface area contributed by atoms with Crippen molar-refractivity contribution in [2.45, 2.75) is 38.8 Å². The number of nitrogens with two attached hydrogens (primary N) is 1. The van der Waals surface area contributed by atoms with Gasteiger partial charge < -0.3 is 15.5 Å². The Bertz CT molecular complexity index is 1070. The standard InChI is InChI=1S/C22H31N7O/c1-4-12-26(2)21-24-19-18(20(30)27(21)3)29(14-16-9-6-5-7-10-16)22(25-19)28-13-8-11-17(23)15-28/h5-7,9-10,17H,4,8,11-15,23H2,1-3H3. The summed E-state index contributed by atoms with van der Waals surface area (Å²) in [6.45, 7) is 5.12. The molecule has 1 atom stereocenters. The first kappa shape index (κ1) is 20.4. The van der Waals surface area contributed by atoms with Gasteiger partial charge in [0, 0.05) is 39.8 Å². The first-order valence-electron chi connectivity index (χ1n) is 10.7. The molecule has 3 aromatic rings. The highest BCUT2D eigenvalue weighted by Crippen LogP contribution is 2.25. The number of benzene rings is 1. The zero-order valence-corrected chi connectivity index (χ0v) is 18.1. The molecule has 4 rings (SSSR count). The molecule has 1 aliphatic heterocycles. The van der Waals surface area contributed by atoms with E-state index in [-0.39, 0.29) is 11.6 Å². The van der Waals surface area contributed by atoms with E-state index in [1.54, 1.807) is 11.6 Å². The summed E-state index contributed by atoms with van der Waals surface area (Å²) in [7, 11) is 3.75. The number of hydrogen-bond donors (Lipinski definition) is 1. The molecule has 1 aliphatic rings. The van der Waals surface area contributed by atoms with Crippen LogP contribution in [0.2, 0.25) is 0 Å². The van der Waals surface area contributed by atoms with Crippen LogP contribution in [0.3, 0.4) is 0 Å². The van der Waals surface area contributed by atoms with E-state index in [1.165, 1.54) is 0 Å². The van der Waals surface area contributed by atoms with Crippen molar-refractivity contribution in [2.75, 3.05) is 36.5 Å². The topological polar surface area (TPSA) is 85.2 Å². The molecule has 0 spiro atoms. The summed E-state index contributed by atoms with van der Waals surface area (Å²) in [5.74, 6) is 1.42. The number of hydrogen-bond acceptors (Lipinski definition) is 6. The maximum Gasteiger partial charge on any atom is 0.281 e. The molecule has 0 aliphatic carbocycles. The van der Waals surface area contributed by atoms with Crippen molar-refractivity contribution >= 4 is 23.1 Å². The molecule has 1 saturated heterocycles. The Morgan fingerprint density at radius 3 is 2.70 bits per heavy atom. The summed E-state index contributed by atoms with van der Waals surface area (Å²) in [4.78, 5) is 27.3. The molecule has 1 unspecified atom stereocenters. The molecule has 30 heavy (non-hydrogen) atoms. The van der Waals surface area contributed by atoms with E-state index >= 15 is 0 Å². The van der Waals surface area contributed by atoms with Crippen LogP contribution in [0, 0.1) is 0 Å². The zero-order chi connectivity index (χ0) is 21.3. The minimum atomic E-state index is -0.0751. The highest BCUT2D eigenvalue weighted by atomic mass is 16.1. The number of nitrogens with zero attached hydrogens (tertiary/aromatic N) is 6. The van der Waals surface area contributed by atoms with Crippen LogP contribution in [0.25, 0.3) is 11.2 Å². The second kappa shape index (κ2) is 8.47. The highest BCUT2D eigenvalue weighted by molar-refractivity contribution is 5.76. The monoisotopic (exact) mass is 409 g/mol. The third-order valence-corrected chi connectivity index (χ3v) is 5.77. The second-order valence-corrected chi connectivity index (χ2v) is 8.20. The molecule has 0 amide bonds. The lowest BCUT2D eigenvalue weighted by Crippen LogP contribution is -2.44. The largest absolute Gasteiger partial charge is 0.345 e. The average Bonchev–Trinajstić information content (AvgIpc) is 3.10. The normalized spacial score (nSPS) is 16.9. The first-order chi connectivity index (χ1) is 14.5. The molecule has 0 bridgehead atoms. The van der Waals surface area contributed by atoms with E-state index in [1.807, 2.05) is 34.7 Å². The molecule has 2 aromatic heterocycles. The predicted molar refractivity (Wildman–Crippen MR) is 121 cm³/mol. The van der Waals surface area contributed by atoms with Crippen LogP contribution in [0.15, 0.2) is 35.1 Å². The van der Waals surface area contributed by atoms with Crippen LogP contribution in [-0.2, 0) is 13.6 Å². The molecule has 0 saturated carbocycles. The van der Waals surface area contributed by atoms with E-state index in [9.17, 15) is 4.79 Å². The molecule has 0 radical (unpaired) electrons. The molecule has 2 N–H and O–H groups in total. The minimum Gasteiger partial charge on any atom is -0.345 e. The van der Waals surface area contributed by atoms with Gasteiger partial charge in [-0.3, -0.25) is 13.9 Å². The summed E-state index contributed by atoms with van der Waals surface area (Å²) in [5.41, 5.74) is 8.33. The fourth-order valence-corrected chi connectivity index (χ4v) is 4.26. The van der Waals surface area contributed by atoms with E-state index in [2.05, 4.69) is 24.0 Å². The molecule has 3 heterocycles. The highest BCUT2D eigenvalue weighted by Gasteiger charge is 2.26. The average molecular weight is 410 g/mol.